The molecule has 6 nitrogen and oxygen atoms in total. The summed E-state index contributed by atoms with van der Waals surface area (Å²) in [4.78, 5) is 15.0. The average molecular weight is 397 g/mol. The number of rotatable bonds is 5. The minimum atomic E-state index is 0.704. The quantitative estimate of drug-likeness (QED) is 0.774. The van der Waals surface area contributed by atoms with Crippen LogP contribution in [0.4, 0.5) is 5.82 Å². The topological polar surface area (TPSA) is 50.7 Å². The number of ether oxygens (including phenoxy) is 2. The molecule has 0 N–H and O–H groups in total. The van der Waals surface area contributed by atoms with Gasteiger partial charge in [0.05, 0.1) is 26.0 Å². The largest absolute Gasteiger partial charge is 0.497 e. The number of aromatic nitrogens is 2. The summed E-state index contributed by atoms with van der Waals surface area (Å²) in [7, 11) is 1.69. The van der Waals surface area contributed by atoms with Gasteiger partial charge in [0.2, 0.25) is 0 Å². The predicted molar refractivity (Wildman–Crippen MR) is 116 cm³/mol. The molecular weight excluding hydrogens is 364 g/mol. The van der Waals surface area contributed by atoms with Crippen LogP contribution in [0.2, 0.25) is 0 Å². The molecule has 0 amide bonds. The van der Waals surface area contributed by atoms with E-state index in [-0.39, 0.29) is 0 Å². The van der Waals surface area contributed by atoms with Crippen molar-refractivity contribution in [3.05, 3.63) is 35.5 Å². The van der Waals surface area contributed by atoms with Crippen molar-refractivity contribution in [3.63, 3.8) is 0 Å². The van der Waals surface area contributed by atoms with Gasteiger partial charge in [-0.25, -0.2) is 9.97 Å². The third kappa shape index (κ3) is 4.70. The number of methoxy groups -OCH3 is 1. The fourth-order valence-electron chi connectivity index (χ4n) is 4.21. The third-order valence-electron chi connectivity index (χ3n) is 5.69. The standard InChI is InChI=1S/C23H32N4O2/c1-17(2)16-26-10-12-27(13-11-26)23-20-8-14-29-15-9-21(20)24-22(25-23)18-4-6-19(28-3)7-5-18/h4-7,17H,8-16H2,1-3H3. The maximum atomic E-state index is 5.74. The lowest BCUT2D eigenvalue weighted by atomic mass is 10.1. The van der Waals surface area contributed by atoms with E-state index in [4.69, 9.17) is 19.4 Å². The van der Waals surface area contributed by atoms with Crippen molar-refractivity contribution in [3.8, 4) is 17.1 Å². The van der Waals surface area contributed by atoms with Gasteiger partial charge in [0.1, 0.15) is 11.6 Å². The number of hydrogen-bond donors (Lipinski definition) is 0. The van der Waals surface area contributed by atoms with Crippen molar-refractivity contribution in [1.82, 2.24) is 14.9 Å². The molecule has 0 atom stereocenters. The molecule has 4 rings (SSSR count). The summed E-state index contributed by atoms with van der Waals surface area (Å²) >= 11 is 0. The Kier molecular flexibility index (Phi) is 6.31. The number of fused-ring (bicyclic) bond motifs is 1. The second-order valence-corrected chi connectivity index (χ2v) is 8.32. The summed E-state index contributed by atoms with van der Waals surface area (Å²) in [6.07, 6.45) is 1.74. The zero-order valence-electron chi connectivity index (χ0n) is 17.9. The minimum Gasteiger partial charge on any atom is -0.497 e. The molecule has 0 saturated carbocycles. The first-order chi connectivity index (χ1) is 14.1. The zero-order chi connectivity index (χ0) is 20.2. The molecule has 2 aliphatic rings. The monoisotopic (exact) mass is 396 g/mol. The number of benzene rings is 1. The Bertz CT molecular complexity index is 814. The Labute approximate surface area is 173 Å². The lowest BCUT2D eigenvalue weighted by Gasteiger charge is -2.37. The smallest absolute Gasteiger partial charge is 0.161 e. The highest BCUT2D eigenvalue weighted by molar-refractivity contribution is 5.62. The van der Waals surface area contributed by atoms with Crippen molar-refractivity contribution < 1.29 is 9.47 Å². The van der Waals surface area contributed by atoms with Crippen molar-refractivity contribution in [2.24, 2.45) is 5.92 Å². The fourth-order valence-corrected chi connectivity index (χ4v) is 4.21. The first kappa shape index (κ1) is 20.1. The SMILES string of the molecule is COc1ccc(-c2nc3c(c(N4CCN(CC(C)C)CC4)n2)CCOCC3)cc1. The molecule has 2 aromatic rings. The maximum absolute atomic E-state index is 5.74. The molecule has 29 heavy (non-hydrogen) atoms. The van der Waals surface area contributed by atoms with Gasteiger partial charge in [0, 0.05) is 56.7 Å². The van der Waals surface area contributed by atoms with E-state index >= 15 is 0 Å². The summed E-state index contributed by atoms with van der Waals surface area (Å²) in [5.74, 6) is 3.46. The Morgan fingerprint density at radius 3 is 2.41 bits per heavy atom. The first-order valence-corrected chi connectivity index (χ1v) is 10.7. The molecule has 0 radical (unpaired) electrons. The van der Waals surface area contributed by atoms with Gasteiger partial charge in [-0.1, -0.05) is 13.8 Å². The van der Waals surface area contributed by atoms with Gasteiger partial charge in [0.25, 0.3) is 0 Å². The molecule has 156 valence electrons. The molecule has 0 unspecified atom stereocenters. The van der Waals surface area contributed by atoms with Crippen LogP contribution in [-0.4, -0.2) is 67.9 Å². The molecule has 0 spiro atoms. The van der Waals surface area contributed by atoms with E-state index in [9.17, 15) is 0 Å². The van der Waals surface area contributed by atoms with Crippen molar-refractivity contribution >= 4 is 5.82 Å². The van der Waals surface area contributed by atoms with Crippen LogP contribution in [0.15, 0.2) is 24.3 Å². The van der Waals surface area contributed by atoms with E-state index in [1.807, 2.05) is 24.3 Å². The molecular formula is C23H32N4O2. The minimum absolute atomic E-state index is 0.704. The summed E-state index contributed by atoms with van der Waals surface area (Å²) in [6, 6.07) is 8.02. The summed E-state index contributed by atoms with van der Waals surface area (Å²) in [5, 5.41) is 0. The Morgan fingerprint density at radius 2 is 1.72 bits per heavy atom. The number of piperazine rings is 1. The third-order valence-corrected chi connectivity index (χ3v) is 5.69. The Hall–Kier alpha value is -2.18. The second-order valence-electron chi connectivity index (χ2n) is 8.32. The molecule has 1 aromatic heterocycles. The van der Waals surface area contributed by atoms with Gasteiger partial charge in [0.15, 0.2) is 5.82 Å². The lowest BCUT2D eigenvalue weighted by molar-refractivity contribution is 0.146. The van der Waals surface area contributed by atoms with Crippen LogP contribution in [-0.2, 0) is 17.6 Å². The Balaban J connectivity index is 1.64. The molecule has 2 aliphatic heterocycles. The van der Waals surface area contributed by atoms with Crippen LogP contribution < -0.4 is 9.64 Å². The van der Waals surface area contributed by atoms with Crippen LogP contribution >= 0.6 is 0 Å². The highest BCUT2D eigenvalue weighted by Crippen LogP contribution is 2.29. The van der Waals surface area contributed by atoms with Gasteiger partial charge in [-0.15, -0.1) is 0 Å². The lowest BCUT2D eigenvalue weighted by Crippen LogP contribution is -2.48. The fraction of sp³-hybridized carbons (Fsp3) is 0.565. The molecule has 3 heterocycles. The van der Waals surface area contributed by atoms with Crippen LogP contribution in [0.1, 0.15) is 25.1 Å². The Morgan fingerprint density at radius 1 is 1.00 bits per heavy atom. The molecule has 1 saturated heterocycles. The average Bonchev–Trinajstić information content (AvgIpc) is 2.99. The molecule has 1 fully saturated rings. The predicted octanol–water partition coefficient (Wildman–Crippen LogP) is 3.05. The van der Waals surface area contributed by atoms with Gasteiger partial charge >= 0.3 is 0 Å². The first-order valence-electron chi connectivity index (χ1n) is 10.7. The van der Waals surface area contributed by atoms with Gasteiger partial charge in [-0.3, -0.25) is 4.90 Å². The van der Waals surface area contributed by atoms with E-state index in [1.165, 1.54) is 12.1 Å². The van der Waals surface area contributed by atoms with Crippen LogP contribution in [0.3, 0.4) is 0 Å². The van der Waals surface area contributed by atoms with Gasteiger partial charge < -0.3 is 14.4 Å². The second kappa shape index (κ2) is 9.09. The summed E-state index contributed by atoms with van der Waals surface area (Å²) in [6.45, 7) is 11.4. The van der Waals surface area contributed by atoms with Gasteiger partial charge in [-0.2, -0.15) is 0 Å². The van der Waals surface area contributed by atoms with E-state index in [0.717, 1.165) is 80.9 Å². The van der Waals surface area contributed by atoms with Crippen molar-refractivity contribution in [2.45, 2.75) is 26.7 Å². The van der Waals surface area contributed by atoms with Crippen molar-refractivity contribution in [1.29, 1.82) is 0 Å². The molecule has 1 aromatic carbocycles. The van der Waals surface area contributed by atoms with E-state index in [0.29, 0.717) is 5.92 Å². The molecule has 6 heteroatoms. The maximum Gasteiger partial charge on any atom is 0.161 e. The highest BCUT2D eigenvalue weighted by atomic mass is 16.5. The number of hydrogen-bond acceptors (Lipinski definition) is 6. The number of nitrogens with zero attached hydrogens (tertiary/aromatic N) is 4. The summed E-state index contributed by atoms with van der Waals surface area (Å²) < 4.78 is 11.0. The summed E-state index contributed by atoms with van der Waals surface area (Å²) in [5.41, 5.74) is 3.44. The van der Waals surface area contributed by atoms with Crippen LogP contribution in [0.5, 0.6) is 5.75 Å². The molecule has 0 aliphatic carbocycles. The zero-order valence-corrected chi connectivity index (χ0v) is 17.9. The van der Waals surface area contributed by atoms with Gasteiger partial charge in [-0.05, 0) is 30.2 Å². The highest BCUT2D eigenvalue weighted by Gasteiger charge is 2.25. The normalized spacial score (nSPS) is 17.9. The molecule has 0 bridgehead atoms. The van der Waals surface area contributed by atoms with E-state index < -0.39 is 0 Å². The van der Waals surface area contributed by atoms with E-state index in [2.05, 4.69) is 23.6 Å². The van der Waals surface area contributed by atoms with Crippen molar-refractivity contribution in [2.75, 3.05) is 57.9 Å². The number of anilines is 1. The van der Waals surface area contributed by atoms with Crippen LogP contribution in [0, 0.1) is 5.92 Å². The van der Waals surface area contributed by atoms with Crippen LogP contribution in [0.25, 0.3) is 11.4 Å². The van der Waals surface area contributed by atoms with E-state index in [1.54, 1.807) is 7.11 Å².